The van der Waals surface area contributed by atoms with Crippen molar-refractivity contribution in [1.82, 2.24) is 9.97 Å². The minimum absolute atomic E-state index is 0.131. The summed E-state index contributed by atoms with van der Waals surface area (Å²) < 4.78 is 14.6. The number of nitrogens with zero attached hydrogens (tertiary/aromatic N) is 3. The topological polar surface area (TPSA) is 90.8 Å². The summed E-state index contributed by atoms with van der Waals surface area (Å²) in [4.78, 5) is 32.7. The maximum atomic E-state index is 11.5. The van der Waals surface area contributed by atoms with Crippen molar-refractivity contribution < 1.29 is 23.8 Å². The van der Waals surface area contributed by atoms with Gasteiger partial charge in [0.25, 0.3) is 0 Å². The van der Waals surface area contributed by atoms with Crippen LogP contribution in [0, 0.1) is 6.92 Å². The molecule has 0 amide bonds. The molecule has 0 aliphatic carbocycles. The van der Waals surface area contributed by atoms with Gasteiger partial charge in [-0.15, -0.1) is 0 Å². The summed E-state index contributed by atoms with van der Waals surface area (Å²) in [7, 11) is 2.55. The lowest BCUT2D eigenvalue weighted by Crippen LogP contribution is -2.36. The molecule has 0 atom stereocenters. The largest absolute Gasteiger partial charge is 0.478 e. The molecular formula is C13H19N3O5. The van der Waals surface area contributed by atoms with E-state index in [9.17, 15) is 9.59 Å². The fourth-order valence-electron chi connectivity index (χ4n) is 1.57. The molecule has 1 aromatic heterocycles. The molecule has 0 saturated carbocycles. The Kier molecular flexibility index (Phi) is 6.38. The smallest absolute Gasteiger partial charge is 0.325 e. The van der Waals surface area contributed by atoms with Crippen LogP contribution in [0.15, 0.2) is 6.07 Å². The summed E-state index contributed by atoms with van der Waals surface area (Å²) in [5.41, 5.74) is 0. The maximum absolute atomic E-state index is 11.5. The number of ether oxygens (including phenoxy) is 3. The second kappa shape index (κ2) is 8.03. The normalized spacial score (nSPS) is 9.90. The van der Waals surface area contributed by atoms with Crippen molar-refractivity contribution >= 4 is 17.8 Å². The number of anilines is 1. The Balaban J connectivity index is 3.05. The number of aryl methyl sites for hydroxylation is 1. The van der Waals surface area contributed by atoms with E-state index in [1.54, 1.807) is 13.0 Å². The van der Waals surface area contributed by atoms with Crippen LogP contribution in [0.1, 0.15) is 12.7 Å². The summed E-state index contributed by atoms with van der Waals surface area (Å²) in [5.74, 6) is 0.249. The fourth-order valence-corrected chi connectivity index (χ4v) is 1.57. The van der Waals surface area contributed by atoms with Gasteiger partial charge in [-0.1, -0.05) is 0 Å². The quantitative estimate of drug-likeness (QED) is 0.665. The highest BCUT2D eigenvalue weighted by Gasteiger charge is 2.18. The van der Waals surface area contributed by atoms with Gasteiger partial charge in [-0.05, 0) is 13.8 Å². The third-order valence-corrected chi connectivity index (χ3v) is 2.51. The summed E-state index contributed by atoms with van der Waals surface area (Å²) in [6, 6.07) is 1.56. The van der Waals surface area contributed by atoms with Gasteiger partial charge in [0.05, 0.1) is 20.8 Å². The van der Waals surface area contributed by atoms with Gasteiger partial charge in [-0.3, -0.25) is 9.59 Å². The zero-order valence-electron chi connectivity index (χ0n) is 12.6. The van der Waals surface area contributed by atoms with E-state index in [0.717, 1.165) is 0 Å². The molecule has 1 aromatic rings. The van der Waals surface area contributed by atoms with E-state index < -0.39 is 11.9 Å². The molecule has 21 heavy (non-hydrogen) atoms. The number of esters is 2. The van der Waals surface area contributed by atoms with E-state index in [4.69, 9.17) is 4.74 Å². The van der Waals surface area contributed by atoms with Crippen LogP contribution < -0.4 is 9.64 Å². The van der Waals surface area contributed by atoms with Crippen LogP contribution >= 0.6 is 0 Å². The standard InChI is InChI=1S/C13H19N3O5/c1-5-21-11-6-10(14-9(2)15-11)16(7-12(17)19-3)8-13(18)20-4/h6H,5,7-8H2,1-4H3. The van der Waals surface area contributed by atoms with Crippen molar-refractivity contribution in [2.45, 2.75) is 13.8 Å². The number of rotatable bonds is 7. The number of methoxy groups -OCH3 is 2. The van der Waals surface area contributed by atoms with E-state index in [-0.39, 0.29) is 13.1 Å². The first-order valence-electron chi connectivity index (χ1n) is 6.37. The maximum Gasteiger partial charge on any atom is 0.325 e. The lowest BCUT2D eigenvalue weighted by molar-refractivity contribution is -0.140. The van der Waals surface area contributed by atoms with Crippen LogP contribution in [0.3, 0.4) is 0 Å². The fraction of sp³-hybridized carbons (Fsp3) is 0.538. The van der Waals surface area contributed by atoms with Crippen LogP contribution in [0.4, 0.5) is 5.82 Å². The molecule has 0 saturated heterocycles. The number of hydrogen-bond acceptors (Lipinski definition) is 8. The molecule has 0 N–H and O–H groups in total. The lowest BCUT2D eigenvalue weighted by atomic mass is 10.4. The predicted molar refractivity (Wildman–Crippen MR) is 74.2 cm³/mol. The zero-order valence-corrected chi connectivity index (χ0v) is 12.6. The third kappa shape index (κ3) is 5.25. The molecule has 0 aliphatic heterocycles. The highest BCUT2D eigenvalue weighted by Crippen LogP contribution is 2.17. The van der Waals surface area contributed by atoms with Gasteiger partial charge in [0.2, 0.25) is 5.88 Å². The molecule has 0 fully saturated rings. The Morgan fingerprint density at radius 1 is 1.14 bits per heavy atom. The average molecular weight is 297 g/mol. The molecule has 0 aliphatic rings. The highest BCUT2D eigenvalue weighted by molar-refractivity contribution is 5.80. The Morgan fingerprint density at radius 3 is 2.19 bits per heavy atom. The third-order valence-electron chi connectivity index (χ3n) is 2.51. The summed E-state index contributed by atoms with van der Waals surface area (Å²) >= 11 is 0. The second-order valence-corrected chi connectivity index (χ2v) is 4.05. The molecule has 1 heterocycles. The molecule has 0 aromatic carbocycles. The molecule has 8 heteroatoms. The Hall–Kier alpha value is -2.38. The van der Waals surface area contributed by atoms with Crippen molar-refractivity contribution in [3.63, 3.8) is 0 Å². The first-order chi connectivity index (χ1) is 9.99. The molecule has 0 radical (unpaired) electrons. The summed E-state index contributed by atoms with van der Waals surface area (Å²) in [6.07, 6.45) is 0. The minimum atomic E-state index is -0.492. The molecule has 0 spiro atoms. The first kappa shape index (κ1) is 16.7. The van der Waals surface area contributed by atoms with Gasteiger partial charge in [0.1, 0.15) is 24.7 Å². The van der Waals surface area contributed by atoms with Crippen LogP contribution in [0.5, 0.6) is 5.88 Å². The van der Waals surface area contributed by atoms with Gasteiger partial charge in [-0.25, -0.2) is 4.98 Å². The van der Waals surface area contributed by atoms with E-state index >= 15 is 0 Å². The Morgan fingerprint density at radius 2 is 1.71 bits per heavy atom. The van der Waals surface area contributed by atoms with Crippen LogP contribution in [0.2, 0.25) is 0 Å². The van der Waals surface area contributed by atoms with Crippen molar-refractivity contribution in [2.24, 2.45) is 0 Å². The van der Waals surface area contributed by atoms with Crippen molar-refractivity contribution in [3.05, 3.63) is 11.9 Å². The Bertz CT molecular complexity index is 489. The van der Waals surface area contributed by atoms with Crippen molar-refractivity contribution in [1.29, 1.82) is 0 Å². The average Bonchev–Trinajstić information content (AvgIpc) is 2.45. The van der Waals surface area contributed by atoms with E-state index in [1.807, 2.05) is 6.92 Å². The van der Waals surface area contributed by atoms with E-state index in [2.05, 4.69) is 19.4 Å². The van der Waals surface area contributed by atoms with E-state index in [0.29, 0.717) is 24.1 Å². The van der Waals surface area contributed by atoms with Crippen LogP contribution in [0.25, 0.3) is 0 Å². The van der Waals surface area contributed by atoms with Crippen LogP contribution in [-0.2, 0) is 19.1 Å². The SMILES string of the molecule is CCOc1cc(N(CC(=O)OC)CC(=O)OC)nc(C)n1. The number of carbonyl (C=O) groups excluding carboxylic acids is 2. The number of hydrogen-bond donors (Lipinski definition) is 0. The minimum Gasteiger partial charge on any atom is -0.478 e. The van der Waals surface area contributed by atoms with Gasteiger partial charge in [-0.2, -0.15) is 4.98 Å². The molecule has 1 rings (SSSR count). The monoisotopic (exact) mass is 297 g/mol. The number of aromatic nitrogens is 2. The molecule has 8 nitrogen and oxygen atoms in total. The zero-order chi connectivity index (χ0) is 15.8. The second-order valence-electron chi connectivity index (χ2n) is 4.05. The molecule has 0 unspecified atom stereocenters. The Labute approximate surface area is 123 Å². The first-order valence-corrected chi connectivity index (χ1v) is 6.37. The van der Waals surface area contributed by atoms with Crippen molar-refractivity contribution in [2.75, 3.05) is 38.8 Å². The van der Waals surface area contributed by atoms with Crippen LogP contribution in [-0.4, -0.2) is 55.8 Å². The molecule has 0 bridgehead atoms. The predicted octanol–water partition coefficient (Wildman–Crippen LogP) is 0.336. The van der Waals surface area contributed by atoms with Gasteiger partial charge in [0.15, 0.2) is 0 Å². The summed E-state index contributed by atoms with van der Waals surface area (Å²) in [5, 5.41) is 0. The molecule has 116 valence electrons. The van der Waals surface area contributed by atoms with Gasteiger partial charge < -0.3 is 19.1 Å². The highest BCUT2D eigenvalue weighted by atomic mass is 16.5. The summed E-state index contributed by atoms with van der Waals surface area (Å²) in [6.45, 7) is 3.71. The van der Waals surface area contributed by atoms with E-state index in [1.165, 1.54) is 19.1 Å². The number of carbonyl (C=O) groups is 2. The lowest BCUT2D eigenvalue weighted by Gasteiger charge is -2.21. The van der Waals surface area contributed by atoms with Gasteiger partial charge in [0, 0.05) is 6.07 Å². The van der Waals surface area contributed by atoms with Gasteiger partial charge >= 0.3 is 11.9 Å². The van der Waals surface area contributed by atoms with Crippen molar-refractivity contribution in [3.8, 4) is 5.88 Å². The molecular weight excluding hydrogens is 278 g/mol.